The average Bonchev–Trinajstić information content (AvgIpc) is 3.12. The first-order valence-electron chi connectivity index (χ1n) is 9.45. The predicted molar refractivity (Wildman–Crippen MR) is 111 cm³/mol. The van der Waals surface area contributed by atoms with Gasteiger partial charge in [0.1, 0.15) is 5.82 Å². The van der Waals surface area contributed by atoms with Gasteiger partial charge in [0.15, 0.2) is 0 Å². The molecule has 2 aliphatic heterocycles. The molecule has 1 spiro atoms. The van der Waals surface area contributed by atoms with Gasteiger partial charge in [-0.3, -0.25) is 9.69 Å². The van der Waals surface area contributed by atoms with Crippen molar-refractivity contribution in [1.82, 2.24) is 9.80 Å². The molecule has 3 amide bonds. The molecular formula is C21H22ClFN4O2. The summed E-state index contributed by atoms with van der Waals surface area (Å²) in [4.78, 5) is 30.7. The van der Waals surface area contributed by atoms with Crippen LogP contribution in [0.1, 0.15) is 6.42 Å². The summed E-state index contributed by atoms with van der Waals surface area (Å²) in [6, 6.07) is 12.8. The molecule has 152 valence electrons. The summed E-state index contributed by atoms with van der Waals surface area (Å²) < 4.78 is 13.7. The number of halogens is 2. The molecule has 2 saturated heterocycles. The predicted octanol–water partition coefficient (Wildman–Crippen LogP) is 3.43. The molecule has 2 aromatic rings. The van der Waals surface area contributed by atoms with Crippen LogP contribution in [0.5, 0.6) is 0 Å². The Morgan fingerprint density at radius 1 is 1.17 bits per heavy atom. The molecule has 0 aliphatic carbocycles. The van der Waals surface area contributed by atoms with E-state index < -0.39 is 0 Å². The summed E-state index contributed by atoms with van der Waals surface area (Å²) >= 11 is 5.89. The first-order chi connectivity index (χ1) is 13.9. The summed E-state index contributed by atoms with van der Waals surface area (Å²) in [7, 11) is 1.90. The number of likely N-dealkylation sites (N-methyl/N-ethyl adjacent to an activating group) is 1. The van der Waals surface area contributed by atoms with E-state index in [1.807, 2.05) is 11.9 Å². The normalized spacial score (nSPS) is 22.4. The van der Waals surface area contributed by atoms with Gasteiger partial charge < -0.3 is 15.1 Å². The van der Waals surface area contributed by atoms with E-state index in [9.17, 15) is 14.0 Å². The number of urea groups is 1. The Labute approximate surface area is 173 Å². The molecule has 0 aromatic heterocycles. The minimum Gasteiger partial charge on any atom is -0.323 e. The van der Waals surface area contributed by atoms with E-state index in [1.54, 1.807) is 46.2 Å². The molecule has 1 N–H and O–H groups in total. The lowest BCUT2D eigenvalue weighted by Crippen LogP contribution is -2.64. The first kappa shape index (κ1) is 19.7. The van der Waals surface area contributed by atoms with Gasteiger partial charge >= 0.3 is 6.03 Å². The van der Waals surface area contributed by atoms with Crippen molar-refractivity contribution in [1.29, 1.82) is 0 Å². The molecule has 0 bridgehead atoms. The number of hydrogen-bond acceptors (Lipinski definition) is 3. The number of hydrogen-bond donors (Lipinski definition) is 1. The second-order valence-corrected chi connectivity index (χ2v) is 8.09. The van der Waals surface area contributed by atoms with Gasteiger partial charge in [-0.15, -0.1) is 0 Å². The van der Waals surface area contributed by atoms with Gasteiger partial charge in [0.25, 0.3) is 0 Å². The van der Waals surface area contributed by atoms with Crippen molar-refractivity contribution in [3.05, 3.63) is 59.4 Å². The molecular weight excluding hydrogens is 395 g/mol. The van der Waals surface area contributed by atoms with Crippen molar-refractivity contribution in [2.45, 2.75) is 12.0 Å². The van der Waals surface area contributed by atoms with Crippen molar-refractivity contribution < 1.29 is 14.0 Å². The fourth-order valence-corrected chi connectivity index (χ4v) is 4.17. The second-order valence-electron chi connectivity index (χ2n) is 7.65. The summed E-state index contributed by atoms with van der Waals surface area (Å²) in [6.07, 6.45) is 0.733. The van der Waals surface area contributed by atoms with Crippen LogP contribution in [-0.2, 0) is 4.79 Å². The van der Waals surface area contributed by atoms with Crippen LogP contribution in [0.25, 0.3) is 0 Å². The lowest BCUT2D eigenvalue weighted by atomic mass is 9.92. The maximum Gasteiger partial charge on any atom is 0.321 e. The molecule has 0 saturated carbocycles. The Balaban J connectivity index is 1.49. The van der Waals surface area contributed by atoms with Gasteiger partial charge in [-0.1, -0.05) is 17.7 Å². The number of anilines is 2. The molecule has 2 aliphatic rings. The van der Waals surface area contributed by atoms with E-state index in [1.165, 1.54) is 12.1 Å². The minimum absolute atomic E-state index is 0.0761. The highest BCUT2D eigenvalue weighted by Crippen LogP contribution is 2.33. The van der Waals surface area contributed by atoms with Crippen LogP contribution in [0.15, 0.2) is 48.5 Å². The minimum atomic E-state index is -0.376. The summed E-state index contributed by atoms with van der Waals surface area (Å²) in [5, 5.41) is 3.49. The number of carbonyl (C=O) groups is 2. The largest absolute Gasteiger partial charge is 0.323 e. The van der Waals surface area contributed by atoms with Crippen molar-refractivity contribution in [2.75, 3.05) is 43.4 Å². The van der Waals surface area contributed by atoms with Crippen LogP contribution < -0.4 is 10.2 Å². The molecule has 4 rings (SSSR count). The standard InChI is InChI=1S/C21H22ClFN4O2/c1-25-12-19(28)27(18-4-2-3-16(23)11-18)14-21(25)9-10-26(13-21)20(29)24-17-7-5-15(22)6-8-17/h2-8,11H,9-10,12-14H2,1H3,(H,24,29). The SMILES string of the molecule is CN1CC(=O)N(c2cccc(F)c2)CC12CCN(C(=O)Nc1ccc(Cl)cc1)C2. The van der Waals surface area contributed by atoms with Gasteiger partial charge in [0.2, 0.25) is 5.91 Å². The third-order valence-electron chi connectivity index (χ3n) is 5.77. The highest BCUT2D eigenvalue weighted by Gasteiger charge is 2.48. The van der Waals surface area contributed by atoms with Crippen molar-refractivity contribution in [3.8, 4) is 0 Å². The van der Waals surface area contributed by atoms with Gasteiger partial charge in [-0.05, 0) is 55.9 Å². The van der Waals surface area contributed by atoms with Crippen molar-refractivity contribution in [3.63, 3.8) is 0 Å². The van der Waals surface area contributed by atoms with Crippen LogP contribution in [0.2, 0.25) is 5.02 Å². The number of nitrogens with one attached hydrogen (secondary N) is 1. The van der Waals surface area contributed by atoms with E-state index >= 15 is 0 Å². The van der Waals surface area contributed by atoms with E-state index in [4.69, 9.17) is 11.6 Å². The highest BCUT2D eigenvalue weighted by atomic mass is 35.5. The van der Waals surface area contributed by atoms with Gasteiger partial charge in [-0.25, -0.2) is 9.18 Å². The Kier molecular flexibility index (Phi) is 5.19. The Hall–Kier alpha value is -2.64. The van der Waals surface area contributed by atoms with Gasteiger partial charge in [0.05, 0.1) is 12.1 Å². The highest BCUT2D eigenvalue weighted by molar-refractivity contribution is 6.30. The third-order valence-corrected chi connectivity index (χ3v) is 6.02. The van der Waals surface area contributed by atoms with E-state index in [0.29, 0.717) is 36.0 Å². The Bertz CT molecular complexity index is 939. The molecule has 1 unspecified atom stereocenters. The van der Waals surface area contributed by atoms with Crippen molar-refractivity contribution in [2.24, 2.45) is 0 Å². The van der Waals surface area contributed by atoms with Crippen LogP contribution in [0.3, 0.4) is 0 Å². The molecule has 2 fully saturated rings. The lowest BCUT2D eigenvalue weighted by Gasteiger charge is -2.46. The zero-order valence-electron chi connectivity index (χ0n) is 16.1. The number of benzene rings is 2. The average molecular weight is 417 g/mol. The smallest absolute Gasteiger partial charge is 0.321 e. The molecule has 6 nitrogen and oxygen atoms in total. The molecule has 29 heavy (non-hydrogen) atoms. The number of amides is 3. The summed E-state index contributed by atoms with van der Waals surface area (Å²) in [5.41, 5.74) is 0.859. The molecule has 1 atom stereocenters. The Morgan fingerprint density at radius 2 is 1.93 bits per heavy atom. The maximum atomic E-state index is 13.7. The van der Waals surface area contributed by atoms with Crippen molar-refractivity contribution >= 4 is 34.9 Å². The number of nitrogens with zero attached hydrogens (tertiary/aromatic N) is 3. The van der Waals surface area contributed by atoms with E-state index in [-0.39, 0.29) is 29.8 Å². The number of likely N-dealkylation sites (tertiary alicyclic amines) is 1. The van der Waals surface area contributed by atoms with E-state index in [0.717, 1.165) is 6.42 Å². The quantitative estimate of drug-likeness (QED) is 0.816. The third kappa shape index (κ3) is 3.93. The van der Waals surface area contributed by atoms with Crippen LogP contribution >= 0.6 is 11.6 Å². The molecule has 2 aromatic carbocycles. The van der Waals surface area contributed by atoms with E-state index in [2.05, 4.69) is 5.32 Å². The van der Waals surface area contributed by atoms with Crippen LogP contribution in [-0.4, -0.2) is 60.5 Å². The van der Waals surface area contributed by atoms with Gasteiger partial charge in [-0.2, -0.15) is 0 Å². The van der Waals surface area contributed by atoms with Gasteiger partial charge in [0, 0.05) is 36.0 Å². The Morgan fingerprint density at radius 3 is 2.66 bits per heavy atom. The monoisotopic (exact) mass is 416 g/mol. The topological polar surface area (TPSA) is 55.9 Å². The summed E-state index contributed by atoms with van der Waals surface area (Å²) in [5.74, 6) is -0.452. The molecule has 2 heterocycles. The van der Waals surface area contributed by atoms with Crippen LogP contribution in [0, 0.1) is 5.82 Å². The lowest BCUT2D eigenvalue weighted by molar-refractivity contribution is -0.123. The maximum absolute atomic E-state index is 13.7. The van der Waals surface area contributed by atoms with Crippen LogP contribution in [0.4, 0.5) is 20.6 Å². The fraction of sp³-hybridized carbons (Fsp3) is 0.333. The molecule has 8 heteroatoms. The molecule has 0 radical (unpaired) electrons. The number of carbonyl (C=O) groups excluding carboxylic acids is 2. The zero-order valence-corrected chi connectivity index (χ0v) is 16.8. The summed E-state index contributed by atoms with van der Waals surface area (Å²) in [6.45, 7) is 1.70. The second kappa shape index (κ2) is 7.65. The zero-order chi connectivity index (χ0) is 20.6. The first-order valence-corrected chi connectivity index (χ1v) is 9.83. The number of rotatable bonds is 2. The fourth-order valence-electron chi connectivity index (χ4n) is 4.04. The number of piperazine rings is 1.